The molecule has 1 aromatic rings. The minimum absolute atomic E-state index is 0.504. The smallest absolute Gasteiger partial charge is 0.0322 e. The van der Waals surface area contributed by atoms with E-state index in [1.165, 1.54) is 44.1 Å². The van der Waals surface area contributed by atoms with Crippen LogP contribution in [0.2, 0.25) is 0 Å². The van der Waals surface area contributed by atoms with E-state index in [-0.39, 0.29) is 0 Å². The van der Waals surface area contributed by atoms with Crippen LogP contribution in [0, 0.1) is 5.92 Å². The lowest BCUT2D eigenvalue weighted by molar-refractivity contribution is 0.353. The van der Waals surface area contributed by atoms with Crippen LogP contribution in [-0.2, 0) is 0 Å². The molecule has 0 saturated heterocycles. The SMILES string of the molecule is CCCCC(CC)CC(NCCC)c1ccc(Br)cc1. The van der Waals surface area contributed by atoms with E-state index in [4.69, 9.17) is 0 Å². The quantitative estimate of drug-likeness (QED) is 0.543. The summed E-state index contributed by atoms with van der Waals surface area (Å²) in [7, 11) is 0. The molecule has 114 valence electrons. The topological polar surface area (TPSA) is 12.0 Å². The van der Waals surface area contributed by atoms with Gasteiger partial charge in [-0.25, -0.2) is 0 Å². The molecule has 0 spiro atoms. The van der Waals surface area contributed by atoms with E-state index < -0.39 is 0 Å². The van der Waals surface area contributed by atoms with Crippen molar-refractivity contribution in [2.24, 2.45) is 5.92 Å². The minimum Gasteiger partial charge on any atom is -0.310 e. The standard InChI is InChI=1S/C18H30BrN/c1-4-7-8-15(6-3)14-18(20-13-5-2)16-9-11-17(19)12-10-16/h9-12,15,18,20H,4-8,13-14H2,1-3H3. The lowest BCUT2D eigenvalue weighted by Crippen LogP contribution is -2.24. The summed E-state index contributed by atoms with van der Waals surface area (Å²) < 4.78 is 1.16. The van der Waals surface area contributed by atoms with Gasteiger partial charge in [0.2, 0.25) is 0 Å². The van der Waals surface area contributed by atoms with E-state index >= 15 is 0 Å². The molecule has 0 radical (unpaired) electrons. The molecule has 0 aliphatic carbocycles. The van der Waals surface area contributed by atoms with E-state index in [0.717, 1.165) is 16.9 Å². The summed E-state index contributed by atoms with van der Waals surface area (Å²) in [5.74, 6) is 0.841. The van der Waals surface area contributed by atoms with Crippen LogP contribution in [0.5, 0.6) is 0 Å². The Bertz CT molecular complexity index is 347. The summed E-state index contributed by atoms with van der Waals surface area (Å²) in [4.78, 5) is 0. The van der Waals surface area contributed by atoms with E-state index in [2.05, 4.69) is 66.3 Å². The fraction of sp³-hybridized carbons (Fsp3) is 0.667. The highest BCUT2D eigenvalue weighted by molar-refractivity contribution is 9.10. The molecule has 2 unspecified atom stereocenters. The van der Waals surface area contributed by atoms with Crippen molar-refractivity contribution >= 4 is 15.9 Å². The van der Waals surface area contributed by atoms with Crippen molar-refractivity contribution in [3.63, 3.8) is 0 Å². The highest BCUT2D eigenvalue weighted by atomic mass is 79.9. The molecule has 1 aromatic carbocycles. The summed E-state index contributed by atoms with van der Waals surface area (Å²) in [6, 6.07) is 9.32. The van der Waals surface area contributed by atoms with Crippen molar-refractivity contribution in [2.45, 2.75) is 65.3 Å². The summed E-state index contributed by atoms with van der Waals surface area (Å²) >= 11 is 3.53. The normalized spacial score (nSPS) is 14.2. The van der Waals surface area contributed by atoms with Crippen LogP contribution in [0.3, 0.4) is 0 Å². The molecule has 1 rings (SSSR count). The number of rotatable bonds is 10. The summed E-state index contributed by atoms with van der Waals surface area (Å²) in [6.07, 6.45) is 7.78. The Morgan fingerprint density at radius 3 is 2.30 bits per heavy atom. The molecule has 1 nitrogen and oxygen atoms in total. The van der Waals surface area contributed by atoms with Crippen LogP contribution in [0.15, 0.2) is 28.7 Å². The van der Waals surface area contributed by atoms with Crippen LogP contribution in [0.1, 0.15) is 70.9 Å². The second-order valence-corrected chi connectivity index (χ2v) is 6.63. The molecule has 0 amide bonds. The lowest BCUT2D eigenvalue weighted by atomic mass is 9.89. The first-order chi connectivity index (χ1) is 9.71. The lowest BCUT2D eigenvalue weighted by Gasteiger charge is -2.24. The second-order valence-electron chi connectivity index (χ2n) is 5.71. The van der Waals surface area contributed by atoms with Crippen molar-refractivity contribution in [1.82, 2.24) is 5.32 Å². The number of halogens is 1. The summed E-state index contributed by atoms with van der Waals surface area (Å²) in [6.45, 7) is 7.96. The second kappa shape index (κ2) is 10.4. The van der Waals surface area contributed by atoms with Crippen molar-refractivity contribution in [2.75, 3.05) is 6.54 Å². The van der Waals surface area contributed by atoms with Gasteiger partial charge in [0.1, 0.15) is 0 Å². The molecule has 0 heterocycles. The van der Waals surface area contributed by atoms with Gasteiger partial charge in [0.05, 0.1) is 0 Å². The van der Waals surface area contributed by atoms with Gasteiger partial charge in [0.25, 0.3) is 0 Å². The van der Waals surface area contributed by atoms with Crippen molar-refractivity contribution in [1.29, 1.82) is 0 Å². The first-order valence-electron chi connectivity index (χ1n) is 8.20. The maximum absolute atomic E-state index is 3.73. The van der Waals surface area contributed by atoms with Gasteiger partial charge < -0.3 is 5.32 Å². The molecule has 0 aromatic heterocycles. The Morgan fingerprint density at radius 2 is 1.75 bits per heavy atom. The molecule has 20 heavy (non-hydrogen) atoms. The van der Waals surface area contributed by atoms with Crippen molar-refractivity contribution in [3.05, 3.63) is 34.3 Å². The van der Waals surface area contributed by atoms with E-state index in [9.17, 15) is 0 Å². The maximum atomic E-state index is 3.73. The molecule has 1 N–H and O–H groups in total. The van der Waals surface area contributed by atoms with E-state index in [1.54, 1.807) is 0 Å². The zero-order valence-corrected chi connectivity index (χ0v) is 14.9. The van der Waals surface area contributed by atoms with Crippen LogP contribution in [0.25, 0.3) is 0 Å². The zero-order chi connectivity index (χ0) is 14.8. The molecule has 0 saturated carbocycles. The van der Waals surface area contributed by atoms with Gasteiger partial charge in [-0.15, -0.1) is 0 Å². The van der Waals surface area contributed by atoms with Crippen LogP contribution < -0.4 is 5.32 Å². The molecule has 2 heteroatoms. The van der Waals surface area contributed by atoms with Gasteiger partial charge in [-0.3, -0.25) is 0 Å². The fourth-order valence-corrected chi connectivity index (χ4v) is 2.93. The van der Waals surface area contributed by atoms with Gasteiger partial charge in [-0.2, -0.15) is 0 Å². The van der Waals surface area contributed by atoms with Crippen molar-refractivity contribution in [3.8, 4) is 0 Å². The summed E-state index contributed by atoms with van der Waals surface area (Å²) in [5, 5.41) is 3.73. The van der Waals surface area contributed by atoms with Crippen LogP contribution in [-0.4, -0.2) is 6.54 Å². The highest BCUT2D eigenvalue weighted by Gasteiger charge is 2.16. The zero-order valence-electron chi connectivity index (χ0n) is 13.3. The third-order valence-electron chi connectivity index (χ3n) is 4.03. The van der Waals surface area contributed by atoms with Crippen molar-refractivity contribution < 1.29 is 0 Å². The number of hydrogen-bond acceptors (Lipinski definition) is 1. The predicted molar refractivity (Wildman–Crippen MR) is 93.1 cm³/mol. The molecule has 0 bridgehead atoms. The largest absolute Gasteiger partial charge is 0.310 e. The van der Waals surface area contributed by atoms with Gasteiger partial charge >= 0.3 is 0 Å². The van der Waals surface area contributed by atoms with Crippen LogP contribution >= 0.6 is 15.9 Å². The fourth-order valence-electron chi connectivity index (χ4n) is 2.67. The van der Waals surface area contributed by atoms with E-state index in [1.807, 2.05) is 0 Å². The Hall–Kier alpha value is -0.340. The van der Waals surface area contributed by atoms with E-state index in [0.29, 0.717) is 6.04 Å². The maximum Gasteiger partial charge on any atom is 0.0322 e. The van der Waals surface area contributed by atoms with Gasteiger partial charge in [-0.05, 0) is 43.0 Å². The van der Waals surface area contributed by atoms with Gasteiger partial charge in [0.15, 0.2) is 0 Å². The molecule has 2 atom stereocenters. The Kier molecular flexibility index (Phi) is 9.21. The molecular formula is C18H30BrN. The van der Waals surface area contributed by atoms with Gasteiger partial charge in [-0.1, -0.05) is 74.5 Å². The third-order valence-corrected chi connectivity index (χ3v) is 4.55. The first-order valence-corrected chi connectivity index (χ1v) is 8.99. The minimum atomic E-state index is 0.504. The number of nitrogens with one attached hydrogen (secondary N) is 1. The summed E-state index contributed by atoms with van der Waals surface area (Å²) in [5.41, 5.74) is 1.43. The third kappa shape index (κ3) is 6.41. The molecule has 0 aliphatic rings. The molecule has 0 fully saturated rings. The molecular weight excluding hydrogens is 310 g/mol. The average Bonchev–Trinajstić information content (AvgIpc) is 2.48. The predicted octanol–water partition coefficient (Wildman–Crippen LogP) is 6.10. The number of benzene rings is 1. The Balaban J connectivity index is 2.69. The average molecular weight is 340 g/mol. The highest BCUT2D eigenvalue weighted by Crippen LogP contribution is 2.27. The monoisotopic (exact) mass is 339 g/mol. The number of unbranched alkanes of at least 4 members (excludes halogenated alkanes) is 1. The first kappa shape index (κ1) is 17.7. The van der Waals surface area contributed by atoms with Crippen LogP contribution in [0.4, 0.5) is 0 Å². The van der Waals surface area contributed by atoms with Gasteiger partial charge in [0, 0.05) is 10.5 Å². The Labute approximate surface area is 133 Å². The molecule has 0 aliphatic heterocycles. The Morgan fingerprint density at radius 1 is 1.05 bits per heavy atom. The number of hydrogen-bond donors (Lipinski definition) is 1.